The Morgan fingerprint density at radius 1 is 1.33 bits per heavy atom. The highest BCUT2D eigenvalue weighted by Crippen LogP contribution is 2.57. The highest BCUT2D eigenvalue weighted by atomic mass is 16.5. The highest BCUT2D eigenvalue weighted by molar-refractivity contribution is 5.73. The molecule has 1 unspecified atom stereocenters. The number of carbonyl (C=O) groups is 1. The third kappa shape index (κ3) is 3.57. The number of aromatic nitrogens is 2. The fraction of sp³-hybridized carbons (Fsp3) is 0.833. The molecule has 3 rings (SSSR count). The number of urea groups is 1. The quantitative estimate of drug-likeness (QED) is 0.825. The molecule has 0 saturated heterocycles. The van der Waals surface area contributed by atoms with Gasteiger partial charge in [-0.3, -0.25) is 0 Å². The monoisotopic (exact) mass is 334 g/mol. The molecule has 6 heteroatoms. The summed E-state index contributed by atoms with van der Waals surface area (Å²) in [5.74, 6) is 2.38. The summed E-state index contributed by atoms with van der Waals surface area (Å²) in [4.78, 5) is 18.4. The number of nitrogens with zero attached hydrogens (tertiary/aromatic N) is 3. The van der Waals surface area contributed by atoms with E-state index in [-0.39, 0.29) is 6.03 Å². The van der Waals surface area contributed by atoms with Crippen LogP contribution in [0.2, 0.25) is 0 Å². The SMILES string of the molecule is CCC1(CC)CC1CNC(=O)N(C)Cc1noc(C2CCCC2)n1. The molecule has 134 valence electrons. The second kappa shape index (κ2) is 7.11. The predicted octanol–water partition coefficient (Wildman–Crippen LogP) is 3.69. The van der Waals surface area contributed by atoms with E-state index in [4.69, 9.17) is 4.52 Å². The second-order valence-electron chi connectivity index (χ2n) is 7.54. The maximum Gasteiger partial charge on any atom is 0.317 e. The van der Waals surface area contributed by atoms with E-state index in [0.29, 0.717) is 29.6 Å². The lowest BCUT2D eigenvalue weighted by molar-refractivity contribution is 0.204. The van der Waals surface area contributed by atoms with E-state index in [1.807, 2.05) is 0 Å². The molecule has 0 bridgehead atoms. The van der Waals surface area contributed by atoms with Crippen LogP contribution in [0.3, 0.4) is 0 Å². The van der Waals surface area contributed by atoms with Crippen LogP contribution in [0.25, 0.3) is 0 Å². The zero-order chi connectivity index (χ0) is 17.2. The molecular weight excluding hydrogens is 304 g/mol. The Kier molecular flexibility index (Phi) is 5.11. The van der Waals surface area contributed by atoms with Crippen molar-refractivity contribution in [1.82, 2.24) is 20.4 Å². The molecule has 1 aromatic rings. The number of hydrogen-bond donors (Lipinski definition) is 1. The lowest BCUT2D eigenvalue weighted by Crippen LogP contribution is -2.38. The van der Waals surface area contributed by atoms with Gasteiger partial charge in [0.15, 0.2) is 5.82 Å². The van der Waals surface area contributed by atoms with Crippen molar-refractivity contribution in [2.75, 3.05) is 13.6 Å². The zero-order valence-electron chi connectivity index (χ0n) is 15.2. The molecule has 0 aromatic carbocycles. The minimum atomic E-state index is -0.0600. The number of hydrogen-bond acceptors (Lipinski definition) is 4. The summed E-state index contributed by atoms with van der Waals surface area (Å²) in [6.45, 7) is 5.65. The Balaban J connectivity index is 1.44. The van der Waals surface area contributed by atoms with Crippen LogP contribution < -0.4 is 5.32 Å². The first-order chi connectivity index (χ1) is 11.6. The molecule has 0 aliphatic heterocycles. The summed E-state index contributed by atoms with van der Waals surface area (Å²) in [5.41, 5.74) is 0.468. The van der Waals surface area contributed by atoms with Crippen molar-refractivity contribution in [3.63, 3.8) is 0 Å². The first-order valence-electron chi connectivity index (χ1n) is 9.39. The maximum absolute atomic E-state index is 12.3. The summed E-state index contributed by atoms with van der Waals surface area (Å²) in [6.07, 6.45) is 8.39. The molecule has 24 heavy (non-hydrogen) atoms. The third-order valence-corrected chi connectivity index (χ3v) is 6.18. The Hall–Kier alpha value is -1.59. The number of amides is 2. The van der Waals surface area contributed by atoms with Gasteiger partial charge in [-0.15, -0.1) is 0 Å². The van der Waals surface area contributed by atoms with Gasteiger partial charge in [-0.2, -0.15) is 4.98 Å². The Morgan fingerprint density at radius 2 is 2.04 bits per heavy atom. The lowest BCUT2D eigenvalue weighted by Gasteiger charge is -2.17. The van der Waals surface area contributed by atoms with E-state index in [9.17, 15) is 4.79 Å². The van der Waals surface area contributed by atoms with Crippen LogP contribution >= 0.6 is 0 Å². The van der Waals surface area contributed by atoms with Crippen LogP contribution in [0, 0.1) is 11.3 Å². The van der Waals surface area contributed by atoms with Crippen LogP contribution in [-0.4, -0.2) is 34.7 Å². The fourth-order valence-electron chi connectivity index (χ4n) is 4.14. The minimum Gasteiger partial charge on any atom is -0.339 e. The molecule has 2 fully saturated rings. The van der Waals surface area contributed by atoms with Gasteiger partial charge in [-0.05, 0) is 30.6 Å². The normalized spacial score (nSPS) is 22.5. The molecule has 2 saturated carbocycles. The van der Waals surface area contributed by atoms with Gasteiger partial charge in [-0.25, -0.2) is 4.79 Å². The summed E-state index contributed by atoms with van der Waals surface area (Å²) in [7, 11) is 1.78. The van der Waals surface area contributed by atoms with E-state index < -0.39 is 0 Å². The van der Waals surface area contributed by atoms with Crippen LogP contribution in [-0.2, 0) is 6.54 Å². The Bertz CT molecular complexity index is 561. The average molecular weight is 334 g/mol. The van der Waals surface area contributed by atoms with Gasteiger partial charge >= 0.3 is 6.03 Å². The topological polar surface area (TPSA) is 71.3 Å². The lowest BCUT2D eigenvalue weighted by atomic mass is 9.97. The van der Waals surface area contributed by atoms with Gasteiger partial charge < -0.3 is 14.7 Å². The van der Waals surface area contributed by atoms with Gasteiger partial charge in [0.1, 0.15) is 0 Å². The number of nitrogens with one attached hydrogen (secondary N) is 1. The zero-order valence-corrected chi connectivity index (χ0v) is 15.2. The molecule has 1 heterocycles. The van der Waals surface area contributed by atoms with Crippen LogP contribution in [0.1, 0.15) is 76.4 Å². The van der Waals surface area contributed by atoms with Crippen molar-refractivity contribution in [2.45, 2.75) is 71.3 Å². The van der Waals surface area contributed by atoms with Crippen molar-refractivity contribution < 1.29 is 9.32 Å². The van der Waals surface area contributed by atoms with E-state index in [2.05, 4.69) is 29.3 Å². The van der Waals surface area contributed by atoms with Crippen molar-refractivity contribution >= 4 is 6.03 Å². The highest BCUT2D eigenvalue weighted by Gasteiger charge is 2.50. The molecule has 2 aliphatic carbocycles. The molecule has 2 aliphatic rings. The number of rotatable bonds is 7. The first-order valence-corrected chi connectivity index (χ1v) is 9.39. The van der Waals surface area contributed by atoms with Crippen LogP contribution in [0.5, 0.6) is 0 Å². The van der Waals surface area contributed by atoms with Gasteiger partial charge in [-0.1, -0.05) is 44.7 Å². The van der Waals surface area contributed by atoms with Gasteiger partial charge in [0.25, 0.3) is 0 Å². The summed E-state index contributed by atoms with van der Waals surface area (Å²) in [6, 6.07) is -0.0600. The summed E-state index contributed by atoms with van der Waals surface area (Å²) < 4.78 is 5.37. The van der Waals surface area contributed by atoms with Crippen LogP contribution in [0.15, 0.2) is 4.52 Å². The summed E-state index contributed by atoms with van der Waals surface area (Å²) >= 11 is 0. The molecular formula is C18H30N4O2. The third-order valence-electron chi connectivity index (χ3n) is 6.18. The van der Waals surface area contributed by atoms with E-state index in [1.165, 1.54) is 32.1 Å². The van der Waals surface area contributed by atoms with Crippen molar-refractivity contribution in [1.29, 1.82) is 0 Å². The van der Waals surface area contributed by atoms with E-state index >= 15 is 0 Å². The largest absolute Gasteiger partial charge is 0.339 e. The standard InChI is InChI=1S/C18H30N4O2/c1-4-18(5-2)10-14(18)11-19-17(23)22(3)12-15-20-16(24-21-15)13-8-6-7-9-13/h13-14H,4-12H2,1-3H3,(H,19,23). The first kappa shape index (κ1) is 17.2. The maximum atomic E-state index is 12.3. The van der Waals surface area contributed by atoms with Gasteiger partial charge in [0.2, 0.25) is 5.89 Å². The molecule has 0 spiro atoms. The van der Waals surface area contributed by atoms with E-state index in [1.54, 1.807) is 11.9 Å². The Morgan fingerprint density at radius 3 is 2.67 bits per heavy atom. The predicted molar refractivity (Wildman–Crippen MR) is 91.5 cm³/mol. The Labute approximate surface area is 144 Å². The fourth-order valence-corrected chi connectivity index (χ4v) is 4.14. The number of carbonyl (C=O) groups excluding carboxylic acids is 1. The van der Waals surface area contributed by atoms with Gasteiger partial charge in [0.05, 0.1) is 6.54 Å². The minimum absolute atomic E-state index is 0.0600. The molecule has 2 amide bonds. The molecule has 1 aromatic heterocycles. The van der Waals surface area contributed by atoms with Crippen molar-refractivity contribution in [2.24, 2.45) is 11.3 Å². The van der Waals surface area contributed by atoms with Crippen molar-refractivity contribution in [3.8, 4) is 0 Å². The molecule has 6 nitrogen and oxygen atoms in total. The molecule has 1 N–H and O–H groups in total. The van der Waals surface area contributed by atoms with Crippen molar-refractivity contribution in [3.05, 3.63) is 11.7 Å². The second-order valence-corrected chi connectivity index (χ2v) is 7.54. The smallest absolute Gasteiger partial charge is 0.317 e. The van der Waals surface area contributed by atoms with Gasteiger partial charge in [0, 0.05) is 19.5 Å². The average Bonchev–Trinajstić information content (AvgIpc) is 2.97. The van der Waals surface area contributed by atoms with E-state index in [0.717, 1.165) is 25.3 Å². The van der Waals surface area contributed by atoms with Crippen LogP contribution in [0.4, 0.5) is 4.79 Å². The molecule has 0 radical (unpaired) electrons. The summed E-state index contributed by atoms with van der Waals surface area (Å²) in [5, 5.41) is 7.08. The molecule has 1 atom stereocenters.